The van der Waals surface area contributed by atoms with Crippen molar-refractivity contribution in [2.24, 2.45) is 4.99 Å². The maximum atomic E-state index is 12.8. The Morgan fingerprint density at radius 3 is 2.41 bits per heavy atom. The second-order valence-electron chi connectivity index (χ2n) is 6.69. The van der Waals surface area contributed by atoms with Crippen LogP contribution in [0.5, 0.6) is 17.2 Å². The van der Waals surface area contributed by atoms with Gasteiger partial charge in [-0.05, 0) is 31.0 Å². The van der Waals surface area contributed by atoms with Gasteiger partial charge in [-0.1, -0.05) is 24.3 Å². The fraction of sp³-hybridized carbons (Fsp3) is 0.409. The van der Waals surface area contributed by atoms with Gasteiger partial charge in [0.2, 0.25) is 6.79 Å². The van der Waals surface area contributed by atoms with Crippen LogP contribution in [-0.4, -0.2) is 32.5 Å². The summed E-state index contributed by atoms with van der Waals surface area (Å²) in [6, 6.07) is 11.1. The minimum absolute atomic E-state index is 0. The predicted octanol–water partition coefficient (Wildman–Crippen LogP) is 4.43. The van der Waals surface area contributed by atoms with E-state index in [2.05, 4.69) is 20.4 Å². The number of nitrogens with zero attached hydrogens (tertiary/aromatic N) is 1. The Morgan fingerprint density at radius 2 is 1.75 bits per heavy atom. The maximum Gasteiger partial charge on any atom is 0.387 e. The van der Waals surface area contributed by atoms with Crippen LogP contribution < -0.4 is 24.8 Å². The Morgan fingerprint density at radius 1 is 1.06 bits per heavy atom. The number of guanidine groups is 1. The van der Waals surface area contributed by atoms with Crippen molar-refractivity contribution in [3.05, 3.63) is 53.1 Å². The smallest absolute Gasteiger partial charge is 0.387 e. The molecule has 1 heterocycles. The molecule has 0 spiro atoms. The van der Waals surface area contributed by atoms with Crippen LogP contribution in [0.4, 0.5) is 8.78 Å². The van der Waals surface area contributed by atoms with Gasteiger partial charge in [0.25, 0.3) is 0 Å². The van der Waals surface area contributed by atoms with Crippen molar-refractivity contribution in [2.75, 3.05) is 19.9 Å². The third-order valence-electron chi connectivity index (χ3n) is 4.48. The van der Waals surface area contributed by atoms with E-state index < -0.39 is 6.61 Å². The predicted molar refractivity (Wildman–Crippen MR) is 128 cm³/mol. The fourth-order valence-corrected chi connectivity index (χ4v) is 2.96. The van der Waals surface area contributed by atoms with Gasteiger partial charge in [-0.3, -0.25) is 0 Å². The number of alkyl halides is 2. The van der Waals surface area contributed by atoms with E-state index in [1.807, 2.05) is 38.1 Å². The van der Waals surface area contributed by atoms with Gasteiger partial charge in [0.05, 0.1) is 13.2 Å². The summed E-state index contributed by atoms with van der Waals surface area (Å²) < 4.78 is 46.3. The third kappa shape index (κ3) is 7.66. The topological polar surface area (TPSA) is 73.3 Å². The molecular formula is C22H28F2IN3O4. The van der Waals surface area contributed by atoms with Crippen molar-refractivity contribution >= 4 is 29.9 Å². The molecule has 7 nitrogen and oxygen atoms in total. The summed E-state index contributed by atoms with van der Waals surface area (Å²) in [4.78, 5) is 4.57. The first kappa shape index (κ1) is 25.9. The van der Waals surface area contributed by atoms with E-state index in [9.17, 15) is 8.78 Å². The normalized spacial score (nSPS) is 12.5. The molecule has 2 N–H and O–H groups in total. The summed E-state index contributed by atoms with van der Waals surface area (Å²) in [6.45, 7) is 3.63. The number of aliphatic imine (C=N–C) groups is 1. The molecule has 0 fully saturated rings. The molecule has 1 aliphatic rings. The first-order valence-electron chi connectivity index (χ1n) is 10.1. The van der Waals surface area contributed by atoms with Crippen molar-refractivity contribution in [1.29, 1.82) is 0 Å². The molecule has 0 saturated heterocycles. The van der Waals surface area contributed by atoms with Crippen LogP contribution in [0.15, 0.2) is 41.4 Å². The number of halogens is 3. The lowest BCUT2D eigenvalue weighted by molar-refractivity contribution is -0.0505. The largest absolute Gasteiger partial charge is 0.454 e. The van der Waals surface area contributed by atoms with Crippen LogP contribution in [-0.2, 0) is 24.4 Å². The van der Waals surface area contributed by atoms with Crippen molar-refractivity contribution < 1.29 is 27.7 Å². The van der Waals surface area contributed by atoms with E-state index in [1.54, 1.807) is 6.07 Å². The number of hydrogen-bond donors (Lipinski definition) is 2. The monoisotopic (exact) mass is 563 g/mol. The van der Waals surface area contributed by atoms with E-state index in [0.29, 0.717) is 49.3 Å². The lowest BCUT2D eigenvalue weighted by Crippen LogP contribution is -2.36. The Balaban J connectivity index is 0.00000363. The zero-order valence-electron chi connectivity index (χ0n) is 18.0. The second-order valence-corrected chi connectivity index (χ2v) is 6.69. The molecule has 2 aromatic rings. The SMILES string of the molecule is CCNC(=NCc1ccc(COCC)cc1)NCc1cc2c(cc1OC(F)F)OCO2.I. The van der Waals surface area contributed by atoms with Gasteiger partial charge in [0.15, 0.2) is 17.5 Å². The summed E-state index contributed by atoms with van der Waals surface area (Å²) in [5.41, 5.74) is 2.66. The average molecular weight is 563 g/mol. The summed E-state index contributed by atoms with van der Waals surface area (Å²) in [7, 11) is 0. The van der Waals surface area contributed by atoms with Gasteiger partial charge >= 0.3 is 6.61 Å². The van der Waals surface area contributed by atoms with Crippen LogP contribution >= 0.6 is 24.0 Å². The zero-order chi connectivity index (χ0) is 22.1. The third-order valence-corrected chi connectivity index (χ3v) is 4.48. The van der Waals surface area contributed by atoms with E-state index in [4.69, 9.17) is 14.2 Å². The molecule has 0 aromatic heterocycles. The van der Waals surface area contributed by atoms with Crippen LogP contribution in [0.25, 0.3) is 0 Å². The lowest BCUT2D eigenvalue weighted by Gasteiger charge is -2.15. The van der Waals surface area contributed by atoms with Crippen LogP contribution in [0.2, 0.25) is 0 Å². The van der Waals surface area contributed by atoms with Crippen molar-refractivity contribution in [2.45, 2.75) is 40.2 Å². The van der Waals surface area contributed by atoms with Gasteiger partial charge in [0, 0.05) is 31.3 Å². The number of benzene rings is 2. The number of hydrogen-bond acceptors (Lipinski definition) is 5. The van der Waals surface area contributed by atoms with Crippen LogP contribution in [0.3, 0.4) is 0 Å². The molecule has 176 valence electrons. The number of ether oxygens (including phenoxy) is 4. The Labute approximate surface area is 203 Å². The number of fused-ring (bicyclic) bond motifs is 1. The number of rotatable bonds is 10. The average Bonchev–Trinajstić information content (AvgIpc) is 3.21. The van der Waals surface area contributed by atoms with Crippen LogP contribution in [0, 0.1) is 0 Å². The molecular weight excluding hydrogens is 535 g/mol. The van der Waals surface area contributed by atoms with Crippen LogP contribution in [0.1, 0.15) is 30.5 Å². The van der Waals surface area contributed by atoms with E-state index in [-0.39, 0.29) is 43.1 Å². The van der Waals surface area contributed by atoms with Crippen molar-refractivity contribution in [1.82, 2.24) is 10.6 Å². The zero-order valence-corrected chi connectivity index (χ0v) is 20.4. The lowest BCUT2D eigenvalue weighted by atomic mass is 10.1. The van der Waals surface area contributed by atoms with Crippen molar-refractivity contribution in [3.63, 3.8) is 0 Å². The molecule has 10 heteroatoms. The molecule has 3 rings (SSSR count). The van der Waals surface area contributed by atoms with Gasteiger partial charge in [0.1, 0.15) is 5.75 Å². The minimum Gasteiger partial charge on any atom is -0.454 e. The second kappa shape index (κ2) is 13.3. The van der Waals surface area contributed by atoms with Gasteiger partial charge < -0.3 is 29.6 Å². The first-order chi connectivity index (χ1) is 15.1. The Kier molecular flexibility index (Phi) is 10.7. The molecule has 0 bridgehead atoms. The van der Waals surface area contributed by atoms with E-state index in [1.165, 1.54) is 6.07 Å². The van der Waals surface area contributed by atoms with Gasteiger partial charge in [-0.25, -0.2) is 4.99 Å². The van der Waals surface area contributed by atoms with E-state index in [0.717, 1.165) is 11.1 Å². The van der Waals surface area contributed by atoms with Gasteiger partial charge in [-0.2, -0.15) is 8.78 Å². The van der Waals surface area contributed by atoms with Crippen molar-refractivity contribution in [3.8, 4) is 17.2 Å². The summed E-state index contributed by atoms with van der Waals surface area (Å²) in [5, 5.41) is 6.30. The Bertz CT molecular complexity index is 882. The standard InChI is InChI=1S/C22H27F2N3O4.HI/c1-3-25-22(26-11-15-5-7-16(8-6-15)13-28-4-2)27-12-17-9-19-20(30-14-29-19)10-18(17)31-21(23)24;/h5-10,21H,3-4,11-14H2,1-2H3,(H2,25,26,27);1H. The maximum absolute atomic E-state index is 12.8. The summed E-state index contributed by atoms with van der Waals surface area (Å²) in [6.07, 6.45) is 0. The quantitative estimate of drug-likeness (QED) is 0.253. The highest BCUT2D eigenvalue weighted by atomic mass is 127. The Hall–Kier alpha value is -2.34. The van der Waals surface area contributed by atoms with E-state index >= 15 is 0 Å². The highest BCUT2D eigenvalue weighted by Crippen LogP contribution is 2.38. The summed E-state index contributed by atoms with van der Waals surface area (Å²) >= 11 is 0. The highest BCUT2D eigenvalue weighted by molar-refractivity contribution is 14.0. The molecule has 0 radical (unpaired) electrons. The molecule has 0 unspecified atom stereocenters. The molecule has 2 aromatic carbocycles. The molecule has 0 saturated carbocycles. The molecule has 0 amide bonds. The highest BCUT2D eigenvalue weighted by Gasteiger charge is 2.20. The first-order valence-corrected chi connectivity index (χ1v) is 10.1. The molecule has 1 aliphatic heterocycles. The summed E-state index contributed by atoms with van der Waals surface area (Å²) in [5.74, 6) is 1.47. The minimum atomic E-state index is -2.94. The fourth-order valence-electron chi connectivity index (χ4n) is 2.96. The molecule has 0 atom stereocenters. The number of nitrogens with one attached hydrogen (secondary N) is 2. The molecule has 32 heavy (non-hydrogen) atoms. The van der Waals surface area contributed by atoms with Gasteiger partial charge in [-0.15, -0.1) is 24.0 Å². The molecule has 0 aliphatic carbocycles.